The van der Waals surface area contributed by atoms with Crippen molar-refractivity contribution in [3.05, 3.63) is 89.0 Å². The van der Waals surface area contributed by atoms with Crippen LogP contribution in [0.3, 0.4) is 0 Å². The van der Waals surface area contributed by atoms with E-state index >= 15 is 0 Å². The lowest BCUT2D eigenvalue weighted by Gasteiger charge is -2.21. The Morgan fingerprint density at radius 2 is 1.98 bits per heavy atom. The second-order valence-electron chi connectivity index (χ2n) is 10.1. The molecule has 2 heterocycles. The Morgan fingerprint density at radius 3 is 2.77 bits per heavy atom. The van der Waals surface area contributed by atoms with Gasteiger partial charge in [0.25, 0.3) is 5.89 Å². The van der Waals surface area contributed by atoms with Crippen LogP contribution in [0, 0.1) is 11.3 Å². The van der Waals surface area contributed by atoms with Gasteiger partial charge < -0.3 is 18.7 Å². The van der Waals surface area contributed by atoms with Crippen molar-refractivity contribution in [2.45, 2.75) is 45.1 Å². The average molecular weight is 537 g/mol. The first kappa shape index (κ1) is 25.6. The molecule has 1 fully saturated rings. The first-order chi connectivity index (χ1) is 19.5. The van der Waals surface area contributed by atoms with Crippen LogP contribution in [0.1, 0.15) is 42.1 Å². The van der Waals surface area contributed by atoms with Crippen LogP contribution in [0.15, 0.2) is 71.3 Å². The lowest BCUT2D eigenvalue weighted by atomic mass is 10.0. The molecule has 0 spiro atoms. The number of aromatic nitrogens is 2. The maximum absolute atomic E-state index is 12.7. The summed E-state index contributed by atoms with van der Waals surface area (Å²) in [5, 5.41) is 13.8. The summed E-state index contributed by atoms with van der Waals surface area (Å²) in [5.74, 6) is 1.26. The topological polar surface area (TPSA) is 111 Å². The molecule has 0 bridgehead atoms. The first-order valence-electron chi connectivity index (χ1n) is 13.3. The maximum atomic E-state index is 12.7. The van der Waals surface area contributed by atoms with Gasteiger partial charge in [-0.15, -0.1) is 0 Å². The second-order valence-corrected chi connectivity index (χ2v) is 10.1. The molecule has 1 saturated heterocycles. The summed E-state index contributed by atoms with van der Waals surface area (Å²) in [6, 6.07) is 23.1. The summed E-state index contributed by atoms with van der Waals surface area (Å²) in [6.45, 7) is 5.14. The lowest BCUT2D eigenvalue weighted by molar-refractivity contribution is 0.0933. The van der Waals surface area contributed by atoms with E-state index in [1.54, 1.807) is 23.1 Å². The van der Waals surface area contributed by atoms with Crippen molar-refractivity contribution in [1.82, 2.24) is 15.0 Å². The molecule has 0 N–H and O–H groups in total. The molecule has 1 aliphatic carbocycles. The predicted octanol–water partition coefficient (Wildman–Crippen LogP) is 5.70. The third kappa shape index (κ3) is 4.90. The number of hydrogen-bond donors (Lipinski definition) is 0. The number of carbonyl (C=O) groups is 1. The van der Waals surface area contributed by atoms with Crippen molar-refractivity contribution in [3.8, 4) is 34.7 Å². The summed E-state index contributed by atoms with van der Waals surface area (Å²) in [7, 11) is 0. The largest absolute Gasteiger partial charge is 0.490 e. The van der Waals surface area contributed by atoms with Gasteiger partial charge in [-0.3, -0.25) is 4.90 Å². The Kier molecular flexibility index (Phi) is 6.93. The molecular formula is C31H28N4O5. The summed E-state index contributed by atoms with van der Waals surface area (Å²) >= 11 is 0. The van der Waals surface area contributed by atoms with E-state index in [0.717, 1.165) is 22.3 Å². The molecule has 3 aromatic carbocycles. The smallest absolute Gasteiger partial charge is 0.410 e. The molecule has 1 aromatic heterocycles. The number of rotatable bonds is 9. The minimum atomic E-state index is -0.325. The highest BCUT2D eigenvalue weighted by atomic mass is 16.6. The zero-order valence-electron chi connectivity index (χ0n) is 22.2. The summed E-state index contributed by atoms with van der Waals surface area (Å²) in [4.78, 5) is 19.1. The highest BCUT2D eigenvalue weighted by Crippen LogP contribution is 2.45. The van der Waals surface area contributed by atoms with Crippen molar-refractivity contribution < 1.29 is 23.5 Å². The van der Waals surface area contributed by atoms with Crippen LogP contribution >= 0.6 is 0 Å². The molecule has 4 aromatic rings. The fraction of sp³-hybridized carbons (Fsp3) is 0.290. The molecule has 9 heteroatoms. The third-order valence-corrected chi connectivity index (χ3v) is 7.08. The first-order valence-corrected chi connectivity index (χ1v) is 13.3. The van der Waals surface area contributed by atoms with Gasteiger partial charge in [-0.1, -0.05) is 53.7 Å². The Balaban J connectivity index is 1.20. The fourth-order valence-corrected chi connectivity index (χ4v) is 5.33. The van der Waals surface area contributed by atoms with Crippen LogP contribution in [0.5, 0.6) is 5.75 Å². The number of amides is 1. The average Bonchev–Trinajstić information content (AvgIpc) is 3.66. The van der Waals surface area contributed by atoms with Crippen molar-refractivity contribution in [1.29, 1.82) is 5.26 Å². The number of fused-ring (bicyclic) bond motifs is 3. The van der Waals surface area contributed by atoms with Crippen molar-refractivity contribution in [2.75, 3.05) is 13.2 Å². The molecule has 2 atom stereocenters. The monoisotopic (exact) mass is 536 g/mol. The number of carbonyl (C=O) groups excluding carboxylic acids is 1. The van der Waals surface area contributed by atoms with Crippen LogP contribution < -0.4 is 4.74 Å². The van der Waals surface area contributed by atoms with Gasteiger partial charge in [0.05, 0.1) is 30.9 Å². The van der Waals surface area contributed by atoms with Gasteiger partial charge in [-0.2, -0.15) is 10.2 Å². The molecule has 0 radical (unpaired) electrons. The van der Waals surface area contributed by atoms with E-state index in [-0.39, 0.29) is 24.3 Å². The van der Waals surface area contributed by atoms with Gasteiger partial charge in [-0.05, 0) is 48.7 Å². The number of ether oxygens (including phenoxy) is 3. The van der Waals surface area contributed by atoms with E-state index in [2.05, 4.69) is 16.2 Å². The van der Waals surface area contributed by atoms with Gasteiger partial charge >= 0.3 is 6.09 Å². The van der Waals surface area contributed by atoms with E-state index in [4.69, 9.17) is 18.7 Å². The number of nitriles is 1. The molecule has 6 rings (SSSR count). The summed E-state index contributed by atoms with van der Waals surface area (Å²) in [5.41, 5.74) is 5.00. The fourth-order valence-electron chi connectivity index (χ4n) is 5.33. The lowest BCUT2D eigenvalue weighted by Crippen LogP contribution is -2.31. The maximum Gasteiger partial charge on any atom is 0.410 e. The Morgan fingerprint density at radius 1 is 1.12 bits per heavy atom. The molecule has 40 heavy (non-hydrogen) atoms. The molecule has 1 aliphatic heterocycles. The molecule has 9 nitrogen and oxygen atoms in total. The number of nitrogens with zero attached hydrogens (tertiary/aromatic N) is 4. The second kappa shape index (κ2) is 10.8. The van der Waals surface area contributed by atoms with E-state index < -0.39 is 0 Å². The van der Waals surface area contributed by atoms with E-state index in [0.29, 0.717) is 54.8 Å². The zero-order chi connectivity index (χ0) is 27.6. The van der Waals surface area contributed by atoms with Crippen LogP contribution in [-0.2, 0) is 22.5 Å². The van der Waals surface area contributed by atoms with Crippen LogP contribution in [0.2, 0.25) is 0 Å². The quantitative estimate of drug-likeness (QED) is 0.251. The Labute approximate surface area is 231 Å². The third-order valence-electron chi connectivity index (χ3n) is 7.08. The zero-order valence-corrected chi connectivity index (χ0v) is 22.2. The summed E-state index contributed by atoms with van der Waals surface area (Å²) in [6.07, 6.45) is -0.0950. The van der Waals surface area contributed by atoms with Crippen molar-refractivity contribution in [2.24, 2.45) is 0 Å². The molecule has 1 amide bonds. The van der Waals surface area contributed by atoms with Gasteiger partial charge in [-0.25, -0.2) is 4.79 Å². The van der Waals surface area contributed by atoms with Gasteiger partial charge in [0.1, 0.15) is 17.9 Å². The molecule has 1 unspecified atom stereocenters. The minimum Gasteiger partial charge on any atom is -0.490 e. The van der Waals surface area contributed by atoms with E-state index in [9.17, 15) is 10.1 Å². The molecular weight excluding hydrogens is 508 g/mol. The number of hydrogen-bond acceptors (Lipinski definition) is 8. The van der Waals surface area contributed by atoms with Crippen LogP contribution in [-0.4, -0.2) is 46.5 Å². The van der Waals surface area contributed by atoms with Gasteiger partial charge in [0.15, 0.2) is 0 Å². The Bertz CT molecular complexity index is 1580. The van der Waals surface area contributed by atoms with E-state index in [1.165, 1.54) is 0 Å². The van der Waals surface area contributed by atoms with Crippen molar-refractivity contribution in [3.63, 3.8) is 0 Å². The molecule has 0 saturated carbocycles. The van der Waals surface area contributed by atoms with Gasteiger partial charge in [0, 0.05) is 24.1 Å². The van der Waals surface area contributed by atoms with Crippen LogP contribution in [0.25, 0.3) is 22.8 Å². The van der Waals surface area contributed by atoms with E-state index in [1.807, 2.05) is 62.4 Å². The SMILES string of the molecule is CC(C)Oc1ccc(-c2nc(-c3cccc4c3C[C@H]3OC(=O)N(CCOCc5ccccc5)C43)no2)cc1C#N. The standard InChI is InChI=1S/C31H28N4O5/c1-19(2)38-26-12-11-21(15-22(26)17-32)30-33-29(34-40-30)24-10-6-9-23-25(24)16-27-28(23)35(31(36)39-27)13-14-37-18-20-7-4-3-5-8-20/h3-12,15,19,27-28H,13-14,16,18H2,1-2H3/t27-,28?/m1/s1. The molecule has 202 valence electrons. The highest BCUT2D eigenvalue weighted by molar-refractivity contribution is 5.74. The Hall–Kier alpha value is -4.68. The summed E-state index contributed by atoms with van der Waals surface area (Å²) < 4.78 is 22.9. The highest BCUT2D eigenvalue weighted by Gasteiger charge is 2.48. The van der Waals surface area contributed by atoms with Crippen LogP contribution in [0.4, 0.5) is 4.79 Å². The normalized spacial score (nSPS) is 17.4. The molecule has 2 aliphatic rings. The van der Waals surface area contributed by atoms with Crippen molar-refractivity contribution >= 4 is 6.09 Å². The predicted molar refractivity (Wildman–Crippen MR) is 145 cm³/mol. The van der Waals surface area contributed by atoms with Gasteiger partial charge in [0.2, 0.25) is 5.82 Å². The minimum absolute atomic E-state index is 0.0513. The number of benzene rings is 3.